The van der Waals surface area contributed by atoms with Gasteiger partial charge >= 0.3 is 0 Å². The summed E-state index contributed by atoms with van der Waals surface area (Å²) in [4.78, 5) is 0. The Hall–Kier alpha value is -3.59. The quantitative estimate of drug-likeness (QED) is 0.451. The van der Waals surface area contributed by atoms with Crippen molar-refractivity contribution in [1.82, 2.24) is 9.56 Å². The van der Waals surface area contributed by atoms with Crippen LogP contribution in [0.1, 0.15) is 11.1 Å². The van der Waals surface area contributed by atoms with Gasteiger partial charge in [-0.3, -0.25) is 0 Å². The molecule has 3 aromatic carbocycles. The molecule has 11 heteroatoms. The molecule has 0 amide bonds. The van der Waals surface area contributed by atoms with Gasteiger partial charge < -0.3 is 24.4 Å². The van der Waals surface area contributed by atoms with Crippen LogP contribution in [-0.4, -0.2) is 72.7 Å². The van der Waals surface area contributed by atoms with Gasteiger partial charge in [-0.2, -0.15) is 10.2 Å². The first kappa shape index (κ1) is 26.5. The summed E-state index contributed by atoms with van der Waals surface area (Å²) in [5.74, 6) is 0.607. The van der Waals surface area contributed by atoms with E-state index in [1.54, 1.807) is 72.5 Å². The lowest BCUT2D eigenvalue weighted by Gasteiger charge is -2.35. The van der Waals surface area contributed by atoms with Gasteiger partial charge in [-0.1, -0.05) is 42.5 Å². The number of hydrazone groups is 2. The average Bonchev–Trinajstić information content (AvgIpc) is 2.92. The lowest BCUT2D eigenvalue weighted by atomic mass is 10.2. The zero-order valence-corrected chi connectivity index (χ0v) is 22.3. The molecule has 1 aliphatic rings. The normalized spacial score (nSPS) is 18.2. The first-order valence-electron chi connectivity index (χ1n) is 11.6. The number of fused-ring (bicyclic) bond motifs is 4. The van der Waals surface area contributed by atoms with E-state index in [2.05, 4.69) is 10.2 Å². The topological polar surface area (TPSA) is 99.4 Å². The number of phenolic OH excluding ortho intramolecular Hbond substituents is 2. The molecule has 194 valence electrons. The van der Waals surface area contributed by atoms with E-state index < -0.39 is 6.34 Å². The largest absolute Gasteiger partial charge is 0.504 e. The molecule has 0 atom stereocenters. The molecule has 9 nitrogen and oxygen atoms in total. The van der Waals surface area contributed by atoms with Crippen molar-refractivity contribution in [2.24, 2.45) is 10.2 Å². The molecule has 0 aliphatic carbocycles. The highest BCUT2D eigenvalue weighted by Crippen LogP contribution is 2.51. The van der Waals surface area contributed by atoms with Gasteiger partial charge in [0.15, 0.2) is 29.3 Å². The fourth-order valence-electron chi connectivity index (χ4n) is 3.62. The van der Waals surface area contributed by atoms with E-state index in [9.17, 15) is 10.2 Å². The van der Waals surface area contributed by atoms with Gasteiger partial charge in [-0.15, -0.1) is 0 Å². The van der Waals surface area contributed by atoms with E-state index in [4.69, 9.17) is 26.0 Å². The maximum Gasteiger partial charge on any atom is 0.183 e. The van der Waals surface area contributed by atoms with Crippen LogP contribution in [0, 0.1) is 0 Å². The fourth-order valence-corrected chi connectivity index (χ4v) is 6.22. The van der Waals surface area contributed by atoms with Gasteiger partial charge in [-0.05, 0) is 36.1 Å². The summed E-state index contributed by atoms with van der Waals surface area (Å²) in [6.45, 7) is 1.08. The van der Waals surface area contributed by atoms with Gasteiger partial charge in [0.1, 0.15) is 13.2 Å². The predicted octanol–water partition coefficient (Wildman–Crippen LogP) is 3.75. The number of rotatable bonds is 1. The van der Waals surface area contributed by atoms with E-state index in [1.165, 1.54) is 0 Å². The summed E-state index contributed by atoms with van der Waals surface area (Å²) in [5.41, 5.74) is 0.964. The standard InChI is InChI=1S/C26H29N4O5PS/c1-29-27-18-20-8-6-12-23(25(20)31)34-16-14-33-15-17-35-24-13-7-9-21(26(24)32)19-28-30(2)36(29,37)22-10-4-3-5-11-22/h3-13,18-19,31-32H,14-17H2,1-2H3/b27-18+,28-19+. The maximum atomic E-state index is 10.7. The predicted molar refractivity (Wildman–Crippen MR) is 149 cm³/mol. The minimum atomic E-state index is -2.74. The Balaban J connectivity index is 1.75. The van der Waals surface area contributed by atoms with Gasteiger partial charge in [-0.25, -0.2) is 9.56 Å². The molecule has 0 unspecified atom stereocenters. The van der Waals surface area contributed by atoms with E-state index in [0.717, 1.165) is 5.30 Å². The molecule has 0 saturated carbocycles. The summed E-state index contributed by atoms with van der Waals surface area (Å²) in [5, 5.41) is 31.5. The van der Waals surface area contributed by atoms with Crippen LogP contribution in [0.3, 0.4) is 0 Å². The number of benzene rings is 3. The molecular weight excluding hydrogens is 511 g/mol. The van der Waals surface area contributed by atoms with Crippen molar-refractivity contribution in [3.63, 3.8) is 0 Å². The highest BCUT2D eigenvalue weighted by Gasteiger charge is 2.29. The smallest absolute Gasteiger partial charge is 0.183 e. The second-order valence-corrected chi connectivity index (χ2v) is 12.3. The molecule has 0 radical (unpaired) electrons. The summed E-state index contributed by atoms with van der Waals surface area (Å²) in [7, 11) is 3.56. The molecule has 0 saturated heterocycles. The summed E-state index contributed by atoms with van der Waals surface area (Å²) in [6, 6.07) is 20.0. The highest BCUT2D eigenvalue weighted by molar-refractivity contribution is 8.15. The molecule has 4 rings (SSSR count). The number of nitrogens with zero attached hydrogens (tertiary/aromatic N) is 4. The molecule has 37 heavy (non-hydrogen) atoms. The minimum absolute atomic E-state index is 0.0225. The van der Waals surface area contributed by atoms with Gasteiger partial charge in [0.25, 0.3) is 0 Å². The van der Waals surface area contributed by atoms with E-state index in [-0.39, 0.29) is 24.7 Å². The Kier molecular flexibility index (Phi) is 8.66. The molecule has 3 aromatic rings. The van der Waals surface area contributed by atoms with Crippen molar-refractivity contribution < 1.29 is 24.4 Å². The first-order valence-corrected chi connectivity index (χ1v) is 14.3. The third-order valence-electron chi connectivity index (χ3n) is 5.64. The second kappa shape index (κ2) is 12.1. The fraction of sp³-hybridized carbons (Fsp3) is 0.231. The number of phenols is 2. The third kappa shape index (κ3) is 6.05. The van der Waals surface area contributed by atoms with Crippen LogP contribution in [0.2, 0.25) is 0 Å². The summed E-state index contributed by atoms with van der Waals surface area (Å²) in [6.07, 6.45) is 0.353. The molecule has 0 aromatic heterocycles. The van der Waals surface area contributed by atoms with E-state index in [1.807, 2.05) is 30.3 Å². The number of aromatic hydroxyl groups is 2. The van der Waals surface area contributed by atoms with Gasteiger partial charge in [0.05, 0.1) is 25.6 Å². The van der Waals surface area contributed by atoms with Crippen molar-refractivity contribution in [3.05, 3.63) is 77.9 Å². The van der Waals surface area contributed by atoms with Crippen LogP contribution >= 0.6 is 6.34 Å². The van der Waals surface area contributed by atoms with Crippen LogP contribution in [0.25, 0.3) is 0 Å². The number of para-hydroxylation sites is 2. The van der Waals surface area contributed by atoms with E-state index in [0.29, 0.717) is 35.8 Å². The first-order chi connectivity index (χ1) is 17.9. The summed E-state index contributed by atoms with van der Waals surface area (Å²) < 4.78 is 20.3. The molecule has 4 bridgehead atoms. The van der Waals surface area contributed by atoms with Crippen molar-refractivity contribution in [3.8, 4) is 23.0 Å². The van der Waals surface area contributed by atoms with Gasteiger partial charge in [0, 0.05) is 30.5 Å². The lowest BCUT2D eigenvalue weighted by molar-refractivity contribution is 0.0751. The Morgan fingerprint density at radius 3 is 1.68 bits per heavy atom. The maximum absolute atomic E-state index is 10.7. The molecule has 0 spiro atoms. The highest BCUT2D eigenvalue weighted by atomic mass is 32.4. The Morgan fingerprint density at radius 2 is 1.19 bits per heavy atom. The van der Waals surface area contributed by atoms with Gasteiger partial charge in [0.2, 0.25) is 0 Å². The molecule has 0 fully saturated rings. The van der Waals surface area contributed by atoms with Crippen molar-refractivity contribution in [2.75, 3.05) is 40.5 Å². The zero-order valence-electron chi connectivity index (χ0n) is 20.6. The molecule has 1 aliphatic heterocycles. The van der Waals surface area contributed by atoms with Crippen LogP contribution in [0.15, 0.2) is 76.9 Å². The van der Waals surface area contributed by atoms with Crippen LogP contribution in [-0.2, 0) is 16.5 Å². The lowest BCUT2D eigenvalue weighted by Crippen LogP contribution is -2.27. The number of hydrogen-bond donors (Lipinski definition) is 2. The van der Waals surface area contributed by atoms with Crippen molar-refractivity contribution in [2.45, 2.75) is 0 Å². The molecular formula is C26H29N4O5PS. The minimum Gasteiger partial charge on any atom is -0.504 e. The summed E-state index contributed by atoms with van der Waals surface area (Å²) >= 11 is 6.22. The number of hydrogen-bond acceptors (Lipinski definition) is 8. The zero-order chi connectivity index (χ0) is 26.3. The van der Waals surface area contributed by atoms with Crippen LogP contribution in [0.4, 0.5) is 0 Å². The Bertz CT molecular complexity index is 1240. The van der Waals surface area contributed by atoms with E-state index >= 15 is 0 Å². The monoisotopic (exact) mass is 540 g/mol. The Morgan fingerprint density at radius 1 is 0.703 bits per heavy atom. The third-order valence-corrected chi connectivity index (χ3v) is 10.4. The molecule has 1 heterocycles. The van der Waals surface area contributed by atoms with Crippen molar-refractivity contribution in [1.29, 1.82) is 0 Å². The van der Waals surface area contributed by atoms with Crippen molar-refractivity contribution >= 4 is 35.9 Å². The average molecular weight is 541 g/mol. The molecule has 2 N–H and O–H groups in total. The second-order valence-electron chi connectivity index (χ2n) is 8.04. The van der Waals surface area contributed by atoms with Crippen LogP contribution < -0.4 is 14.8 Å². The number of ether oxygens (including phenoxy) is 3. The SMILES string of the molecule is CN1/N=C/c2cccc(c2O)OCCOCCOc2cccc(c2O)/C=N/N(C)P1(=S)c1ccccc1. The van der Waals surface area contributed by atoms with Crippen LogP contribution in [0.5, 0.6) is 23.0 Å². The Labute approximate surface area is 221 Å².